The van der Waals surface area contributed by atoms with Crippen molar-refractivity contribution in [3.63, 3.8) is 0 Å². The Bertz CT molecular complexity index is 1410. The van der Waals surface area contributed by atoms with Crippen molar-refractivity contribution in [2.45, 2.75) is 82.5 Å². The number of benzene rings is 1. The molecule has 3 aliphatic rings. The highest BCUT2D eigenvalue weighted by atomic mass is 19.4. The molecule has 212 valence electrons. The molecule has 40 heavy (non-hydrogen) atoms. The molecule has 2 unspecified atom stereocenters. The van der Waals surface area contributed by atoms with Gasteiger partial charge in [0.2, 0.25) is 0 Å². The van der Waals surface area contributed by atoms with Crippen LogP contribution in [-0.2, 0) is 11.3 Å². The number of rotatable bonds is 9. The van der Waals surface area contributed by atoms with Gasteiger partial charge in [-0.1, -0.05) is 31.1 Å². The number of hydrogen-bond acceptors (Lipinski definition) is 8. The second kappa shape index (κ2) is 9.76. The summed E-state index contributed by atoms with van der Waals surface area (Å²) in [5.41, 5.74) is 0.951. The lowest BCUT2D eigenvalue weighted by atomic mass is 9.77. The van der Waals surface area contributed by atoms with Crippen LogP contribution in [0.1, 0.15) is 73.7 Å². The zero-order valence-electron chi connectivity index (χ0n) is 22.0. The third-order valence-corrected chi connectivity index (χ3v) is 8.49. The molecule has 6 rings (SSSR count). The molecule has 0 amide bonds. The second-order valence-electron chi connectivity index (χ2n) is 10.8. The van der Waals surface area contributed by atoms with Gasteiger partial charge >= 0.3 is 12.3 Å². The maximum atomic E-state index is 13.1. The van der Waals surface area contributed by atoms with Gasteiger partial charge in [0.1, 0.15) is 23.0 Å². The van der Waals surface area contributed by atoms with Gasteiger partial charge in [-0.3, -0.25) is 0 Å². The van der Waals surface area contributed by atoms with Crippen LogP contribution in [0.4, 0.5) is 19.0 Å². The molecular weight excluding hydrogens is 529 g/mol. The van der Waals surface area contributed by atoms with Crippen LogP contribution >= 0.6 is 0 Å². The molecule has 0 radical (unpaired) electrons. The van der Waals surface area contributed by atoms with Crippen molar-refractivity contribution in [3.05, 3.63) is 53.7 Å². The summed E-state index contributed by atoms with van der Waals surface area (Å²) in [6, 6.07) is 6.07. The first-order chi connectivity index (χ1) is 19.1. The topological polar surface area (TPSA) is 111 Å². The van der Waals surface area contributed by atoms with Gasteiger partial charge in [-0.25, -0.2) is 14.8 Å². The fourth-order valence-corrected chi connectivity index (χ4v) is 6.47. The fourth-order valence-electron chi connectivity index (χ4n) is 6.47. The van der Waals surface area contributed by atoms with Crippen molar-refractivity contribution < 1.29 is 37.1 Å². The van der Waals surface area contributed by atoms with Gasteiger partial charge < -0.3 is 24.0 Å². The number of fused-ring (bicyclic) bond motifs is 1. The summed E-state index contributed by atoms with van der Waals surface area (Å²) in [5.74, 6) is 0.274. The Morgan fingerprint density at radius 3 is 2.62 bits per heavy atom. The van der Waals surface area contributed by atoms with Crippen molar-refractivity contribution in [2.24, 2.45) is 5.92 Å². The van der Waals surface area contributed by atoms with Crippen LogP contribution in [-0.4, -0.2) is 50.2 Å². The van der Waals surface area contributed by atoms with Crippen LogP contribution in [0.5, 0.6) is 5.75 Å². The summed E-state index contributed by atoms with van der Waals surface area (Å²) < 4.78 is 55.6. The van der Waals surface area contributed by atoms with Crippen LogP contribution in [0.15, 0.2) is 41.2 Å². The lowest BCUT2D eigenvalue weighted by Crippen LogP contribution is -2.36. The van der Waals surface area contributed by atoms with E-state index in [9.17, 15) is 18.0 Å². The van der Waals surface area contributed by atoms with Crippen LogP contribution in [0.2, 0.25) is 0 Å². The number of carboxylic acid groups (broad SMARTS) is 1. The first-order valence-corrected chi connectivity index (χ1v) is 13.4. The number of nitrogens with zero attached hydrogens (tertiary/aromatic N) is 4. The summed E-state index contributed by atoms with van der Waals surface area (Å²) in [6.07, 6.45) is 2.11. The summed E-state index contributed by atoms with van der Waals surface area (Å²) >= 11 is 0. The number of aromatic carboxylic acids is 1. The number of para-hydroxylation sites is 1. The Kier molecular flexibility index (Phi) is 6.47. The molecule has 1 N–H and O–H groups in total. The first-order valence-electron chi connectivity index (χ1n) is 13.4. The highest BCUT2D eigenvalue weighted by molar-refractivity contribution is 5.85. The van der Waals surface area contributed by atoms with Crippen LogP contribution in [0, 0.1) is 5.92 Å². The molecule has 3 heterocycles. The van der Waals surface area contributed by atoms with Crippen molar-refractivity contribution in [1.29, 1.82) is 0 Å². The minimum Gasteiger partial charge on any atom is -0.476 e. The number of carbonyl (C=O) groups is 1. The molecule has 3 fully saturated rings. The van der Waals surface area contributed by atoms with E-state index < -0.39 is 12.3 Å². The van der Waals surface area contributed by atoms with Gasteiger partial charge in [-0.05, 0) is 50.2 Å². The van der Waals surface area contributed by atoms with E-state index in [1.54, 1.807) is 6.07 Å². The van der Waals surface area contributed by atoms with Crippen LogP contribution in [0.3, 0.4) is 0 Å². The molecule has 0 bridgehead atoms. The quantitative estimate of drug-likeness (QED) is 0.318. The Balaban J connectivity index is 1.22. The summed E-state index contributed by atoms with van der Waals surface area (Å²) in [5, 5.41) is 13.3. The highest BCUT2D eigenvalue weighted by Gasteiger charge is 2.67. The number of hydrogen-bond donors (Lipinski definition) is 1. The van der Waals surface area contributed by atoms with E-state index in [1.165, 1.54) is 30.6 Å². The SMILES string of the molecule is CCC12C(C[C@@H](OCc3c(-c4ccccc4OC(F)(F)F)noc3C3CC3)C[C@@H]1C)N2c1cnc(C(=O)O)cn1. The minimum absolute atomic E-state index is 0.102. The van der Waals surface area contributed by atoms with Gasteiger partial charge in [-0.2, -0.15) is 0 Å². The third-order valence-electron chi connectivity index (χ3n) is 8.49. The number of alkyl halides is 3. The van der Waals surface area contributed by atoms with Crippen molar-refractivity contribution in [2.75, 3.05) is 4.90 Å². The molecule has 12 heteroatoms. The molecule has 2 saturated carbocycles. The number of anilines is 1. The third kappa shape index (κ3) is 4.67. The molecule has 4 atom stereocenters. The molecule has 3 aromatic rings. The molecule has 0 spiro atoms. The summed E-state index contributed by atoms with van der Waals surface area (Å²) in [6.45, 7) is 4.47. The van der Waals surface area contributed by atoms with Gasteiger partial charge in [-0.15, -0.1) is 13.2 Å². The van der Waals surface area contributed by atoms with Gasteiger partial charge in [0.05, 0.1) is 36.7 Å². The lowest BCUT2D eigenvalue weighted by Gasteiger charge is -2.31. The molecule has 1 aliphatic heterocycles. The zero-order valence-corrected chi connectivity index (χ0v) is 22.0. The Labute approximate surface area is 228 Å². The Hall–Kier alpha value is -3.67. The zero-order chi connectivity index (χ0) is 28.2. The smallest absolute Gasteiger partial charge is 0.476 e. The van der Waals surface area contributed by atoms with Gasteiger partial charge in [0.15, 0.2) is 5.69 Å². The largest absolute Gasteiger partial charge is 0.573 e. The highest BCUT2D eigenvalue weighted by Crippen LogP contribution is 2.58. The van der Waals surface area contributed by atoms with E-state index >= 15 is 0 Å². The maximum Gasteiger partial charge on any atom is 0.573 e. The average Bonchev–Trinajstić information content (AvgIpc) is 3.83. The lowest BCUT2D eigenvalue weighted by molar-refractivity contribution is -0.274. The standard InChI is InChI=1S/C28H29F3N4O5/c1-3-27-15(2)10-17(11-22(27)35(27)23-13-32-20(12-33-23)26(36)37)38-14-19-24(34-40-25(19)16-8-9-16)18-6-4-5-7-21(18)39-28(29,30)31/h4-7,12-13,15-17,22H,3,8-11,14H2,1-2H3,(H,36,37)/t15-,17-,22?,27?,35?/m0/s1. The van der Waals surface area contributed by atoms with E-state index in [1.807, 2.05) is 0 Å². The van der Waals surface area contributed by atoms with Crippen LogP contribution in [0.25, 0.3) is 11.3 Å². The van der Waals surface area contributed by atoms with Gasteiger partial charge in [0.25, 0.3) is 0 Å². The molecule has 2 aliphatic carbocycles. The number of aromatic nitrogens is 3. The second-order valence-corrected chi connectivity index (χ2v) is 10.8. The van der Waals surface area contributed by atoms with Crippen LogP contribution < -0.4 is 9.64 Å². The van der Waals surface area contributed by atoms with E-state index in [2.05, 4.69) is 38.6 Å². The molecule has 9 nitrogen and oxygen atoms in total. The average molecular weight is 559 g/mol. The molecule has 1 aromatic carbocycles. The molecule has 2 aromatic heterocycles. The Morgan fingerprint density at radius 2 is 1.98 bits per heavy atom. The maximum absolute atomic E-state index is 13.1. The van der Waals surface area contributed by atoms with E-state index in [0.717, 1.165) is 32.1 Å². The number of ether oxygens (including phenoxy) is 2. The minimum atomic E-state index is -4.84. The van der Waals surface area contributed by atoms with E-state index in [4.69, 9.17) is 14.4 Å². The van der Waals surface area contributed by atoms with E-state index in [-0.39, 0.29) is 53.1 Å². The molecular formula is C28H29F3N4O5. The first kappa shape index (κ1) is 26.5. The van der Waals surface area contributed by atoms with Crippen molar-refractivity contribution in [3.8, 4) is 17.0 Å². The number of halogens is 3. The van der Waals surface area contributed by atoms with E-state index in [0.29, 0.717) is 22.8 Å². The molecule has 1 saturated heterocycles. The fraction of sp³-hybridized carbons (Fsp3) is 0.500. The predicted octanol–water partition coefficient (Wildman–Crippen LogP) is 5.96. The predicted molar refractivity (Wildman–Crippen MR) is 136 cm³/mol. The summed E-state index contributed by atoms with van der Waals surface area (Å²) in [4.78, 5) is 21.8. The normalized spacial score (nSPS) is 25.9. The van der Waals surface area contributed by atoms with Crippen molar-refractivity contribution in [1.82, 2.24) is 15.1 Å². The monoisotopic (exact) mass is 558 g/mol. The van der Waals surface area contributed by atoms with Crippen molar-refractivity contribution >= 4 is 11.8 Å². The Morgan fingerprint density at radius 1 is 1.20 bits per heavy atom. The summed E-state index contributed by atoms with van der Waals surface area (Å²) in [7, 11) is 0. The number of carboxylic acids is 1. The van der Waals surface area contributed by atoms with Gasteiger partial charge in [0, 0.05) is 17.0 Å².